The first kappa shape index (κ1) is 13.6. The molecule has 1 unspecified atom stereocenters. The first-order valence-corrected chi connectivity index (χ1v) is 10.5. The molecule has 1 saturated heterocycles. The van der Waals surface area contributed by atoms with E-state index in [-0.39, 0.29) is 18.3 Å². The SMILES string of the molecule is CC1(C)OB([C@@H]2CCC2[Si](C)(C)C)OC1(C)C. The van der Waals surface area contributed by atoms with E-state index in [4.69, 9.17) is 9.31 Å². The van der Waals surface area contributed by atoms with Gasteiger partial charge in [0, 0.05) is 8.07 Å². The lowest BCUT2D eigenvalue weighted by Crippen LogP contribution is -2.44. The second-order valence-electron chi connectivity index (χ2n) is 7.84. The van der Waals surface area contributed by atoms with Crippen molar-refractivity contribution in [3.63, 3.8) is 0 Å². The molecule has 0 bridgehead atoms. The Morgan fingerprint density at radius 3 is 1.71 bits per heavy atom. The van der Waals surface area contributed by atoms with Crippen molar-refractivity contribution in [3.8, 4) is 0 Å². The van der Waals surface area contributed by atoms with E-state index in [1.807, 2.05) is 0 Å². The molecular weight excluding hydrogens is 227 g/mol. The van der Waals surface area contributed by atoms with Crippen molar-refractivity contribution in [2.24, 2.45) is 0 Å². The van der Waals surface area contributed by atoms with Crippen LogP contribution >= 0.6 is 0 Å². The van der Waals surface area contributed by atoms with Gasteiger partial charge in [-0.15, -0.1) is 0 Å². The smallest absolute Gasteiger partial charge is 0.403 e. The fourth-order valence-corrected chi connectivity index (χ4v) is 5.63. The van der Waals surface area contributed by atoms with Gasteiger partial charge in [0.1, 0.15) is 0 Å². The van der Waals surface area contributed by atoms with Gasteiger partial charge in [-0.2, -0.15) is 0 Å². The maximum atomic E-state index is 6.19. The Morgan fingerprint density at radius 2 is 1.41 bits per heavy atom. The molecule has 2 aliphatic rings. The zero-order valence-corrected chi connectivity index (χ0v) is 13.5. The number of rotatable bonds is 2. The topological polar surface area (TPSA) is 18.5 Å². The molecule has 0 spiro atoms. The summed E-state index contributed by atoms with van der Waals surface area (Å²) >= 11 is 0. The molecule has 1 saturated carbocycles. The summed E-state index contributed by atoms with van der Waals surface area (Å²) in [5.41, 5.74) is 0.534. The number of hydrogen-bond donors (Lipinski definition) is 0. The molecule has 1 aliphatic heterocycles. The van der Waals surface area contributed by atoms with Crippen LogP contribution in [0.3, 0.4) is 0 Å². The molecule has 0 aromatic heterocycles. The van der Waals surface area contributed by atoms with Crippen LogP contribution in [0.2, 0.25) is 31.0 Å². The molecule has 0 aromatic carbocycles. The molecule has 1 heterocycles. The van der Waals surface area contributed by atoms with Gasteiger partial charge in [0.25, 0.3) is 0 Å². The number of hydrogen-bond acceptors (Lipinski definition) is 2. The highest BCUT2D eigenvalue weighted by molar-refractivity contribution is 6.79. The second kappa shape index (κ2) is 3.85. The zero-order chi connectivity index (χ0) is 13.1. The maximum Gasteiger partial charge on any atom is 0.461 e. The second-order valence-corrected chi connectivity index (χ2v) is 13.3. The van der Waals surface area contributed by atoms with Gasteiger partial charge in [-0.1, -0.05) is 32.5 Å². The first-order valence-electron chi connectivity index (χ1n) is 6.90. The molecule has 0 aromatic rings. The summed E-state index contributed by atoms with van der Waals surface area (Å²) in [5.74, 6) is 0.641. The molecule has 2 atom stereocenters. The fraction of sp³-hybridized carbons (Fsp3) is 1.00. The van der Waals surface area contributed by atoms with Crippen LogP contribution in [0.25, 0.3) is 0 Å². The van der Waals surface area contributed by atoms with Gasteiger partial charge in [-0.25, -0.2) is 0 Å². The van der Waals surface area contributed by atoms with E-state index >= 15 is 0 Å². The lowest BCUT2D eigenvalue weighted by molar-refractivity contribution is 0.00578. The summed E-state index contributed by atoms with van der Waals surface area (Å²) < 4.78 is 12.4. The van der Waals surface area contributed by atoms with Gasteiger partial charge in [0.15, 0.2) is 0 Å². The molecule has 1 aliphatic carbocycles. The molecule has 0 amide bonds. The minimum atomic E-state index is -1.06. The molecule has 0 radical (unpaired) electrons. The van der Waals surface area contributed by atoms with Crippen LogP contribution in [0.15, 0.2) is 0 Å². The molecular formula is C13H27BO2Si. The average Bonchev–Trinajstić information content (AvgIpc) is 2.12. The normalized spacial score (nSPS) is 35.8. The van der Waals surface area contributed by atoms with Gasteiger partial charge in [-0.05, 0) is 39.1 Å². The van der Waals surface area contributed by atoms with Crippen molar-refractivity contribution < 1.29 is 9.31 Å². The average molecular weight is 254 g/mol. The lowest BCUT2D eigenvalue weighted by atomic mass is 9.60. The summed E-state index contributed by atoms with van der Waals surface area (Å²) in [6.07, 6.45) is 2.66. The first-order chi connectivity index (χ1) is 7.55. The van der Waals surface area contributed by atoms with Crippen molar-refractivity contribution >= 4 is 15.2 Å². The third-order valence-electron chi connectivity index (χ3n) is 5.06. The van der Waals surface area contributed by atoms with E-state index in [1.54, 1.807) is 0 Å². The van der Waals surface area contributed by atoms with Crippen LogP contribution in [0, 0.1) is 0 Å². The predicted molar refractivity (Wildman–Crippen MR) is 76.2 cm³/mol. The van der Waals surface area contributed by atoms with Crippen LogP contribution in [0.4, 0.5) is 0 Å². The Bertz CT molecular complexity index is 293. The van der Waals surface area contributed by atoms with Crippen LogP contribution in [-0.4, -0.2) is 26.4 Å². The highest BCUT2D eigenvalue weighted by atomic mass is 28.3. The van der Waals surface area contributed by atoms with Crippen molar-refractivity contribution in [3.05, 3.63) is 0 Å². The van der Waals surface area contributed by atoms with Crippen LogP contribution in [-0.2, 0) is 9.31 Å². The van der Waals surface area contributed by atoms with E-state index in [1.165, 1.54) is 12.8 Å². The molecule has 98 valence electrons. The van der Waals surface area contributed by atoms with Crippen molar-refractivity contribution in [1.82, 2.24) is 0 Å². The largest absolute Gasteiger partial charge is 0.461 e. The van der Waals surface area contributed by atoms with Crippen molar-refractivity contribution in [1.29, 1.82) is 0 Å². The van der Waals surface area contributed by atoms with Crippen LogP contribution in [0.5, 0.6) is 0 Å². The van der Waals surface area contributed by atoms with Crippen molar-refractivity contribution in [2.45, 2.75) is 82.7 Å². The fourth-order valence-electron chi connectivity index (χ4n) is 2.99. The van der Waals surface area contributed by atoms with E-state index in [0.717, 1.165) is 5.54 Å². The van der Waals surface area contributed by atoms with Crippen LogP contribution < -0.4 is 0 Å². The molecule has 2 rings (SSSR count). The standard InChI is InChI=1S/C13H27BO2Si/c1-12(2)13(3,4)16-14(15-12)10-8-9-11(10)17(5,6)7/h10-11H,8-9H2,1-7H3/t10-,11?/m1/s1. The van der Waals surface area contributed by atoms with Crippen molar-refractivity contribution in [2.75, 3.05) is 0 Å². The van der Waals surface area contributed by atoms with E-state index in [2.05, 4.69) is 47.3 Å². The van der Waals surface area contributed by atoms with Crippen LogP contribution in [0.1, 0.15) is 40.5 Å². The highest BCUT2D eigenvalue weighted by Crippen LogP contribution is 2.55. The van der Waals surface area contributed by atoms with Gasteiger partial charge in [0.05, 0.1) is 11.2 Å². The Labute approximate surface area is 108 Å². The van der Waals surface area contributed by atoms with Gasteiger partial charge in [0.2, 0.25) is 0 Å². The monoisotopic (exact) mass is 254 g/mol. The Hall–Kier alpha value is 0.202. The molecule has 17 heavy (non-hydrogen) atoms. The van der Waals surface area contributed by atoms with Gasteiger partial charge >= 0.3 is 7.12 Å². The van der Waals surface area contributed by atoms with E-state index in [9.17, 15) is 0 Å². The third-order valence-corrected chi connectivity index (χ3v) is 8.00. The highest BCUT2D eigenvalue weighted by Gasteiger charge is 2.58. The zero-order valence-electron chi connectivity index (χ0n) is 12.5. The predicted octanol–water partition coefficient (Wildman–Crippen LogP) is 3.95. The molecule has 2 nitrogen and oxygen atoms in total. The molecule has 2 fully saturated rings. The van der Waals surface area contributed by atoms with E-state index in [0.29, 0.717) is 5.82 Å². The van der Waals surface area contributed by atoms with Gasteiger partial charge in [-0.3, -0.25) is 0 Å². The molecule has 0 N–H and O–H groups in total. The summed E-state index contributed by atoms with van der Waals surface area (Å²) in [6, 6.07) is 0. The Morgan fingerprint density at radius 1 is 0.941 bits per heavy atom. The lowest BCUT2D eigenvalue weighted by Gasteiger charge is -2.45. The minimum Gasteiger partial charge on any atom is -0.403 e. The van der Waals surface area contributed by atoms with E-state index < -0.39 is 8.07 Å². The quantitative estimate of drug-likeness (QED) is 0.695. The maximum absolute atomic E-state index is 6.19. The third kappa shape index (κ3) is 2.24. The Kier molecular flexibility index (Phi) is 3.08. The summed E-state index contributed by atoms with van der Waals surface area (Å²) in [4.78, 5) is 0. The summed E-state index contributed by atoms with van der Waals surface area (Å²) in [5, 5.41) is 0. The Balaban J connectivity index is 2.07. The summed E-state index contributed by atoms with van der Waals surface area (Å²) in [6.45, 7) is 16.0. The van der Waals surface area contributed by atoms with Gasteiger partial charge < -0.3 is 9.31 Å². The summed E-state index contributed by atoms with van der Waals surface area (Å²) in [7, 11) is -1.02. The molecule has 4 heteroatoms. The minimum absolute atomic E-state index is 0.0328.